The van der Waals surface area contributed by atoms with Gasteiger partial charge < -0.3 is 4.90 Å². The van der Waals surface area contributed by atoms with Crippen LogP contribution in [-0.2, 0) is 21.1 Å². The molecule has 0 aliphatic carbocycles. The summed E-state index contributed by atoms with van der Waals surface area (Å²) in [5, 5.41) is 0.985. The molecule has 2 aromatic rings. The second-order valence-corrected chi connectivity index (χ2v) is 10.8. The number of carbonyl (C=O) groups is 1. The Kier molecular flexibility index (Phi) is 5.24. The van der Waals surface area contributed by atoms with Crippen molar-refractivity contribution in [2.24, 2.45) is 4.99 Å². The van der Waals surface area contributed by atoms with Crippen LogP contribution in [0.5, 0.6) is 0 Å². The number of amidine groups is 1. The Morgan fingerprint density at radius 3 is 2.75 bits per heavy atom. The third-order valence-corrected chi connectivity index (χ3v) is 8.44. The molecule has 0 aromatic heterocycles. The molecule has 0 N–H and O–H groups in total. The highest BCUT2D eigenvalue weighted by atomic mass is 35.5. The van der Waals surface area contributed by atoms with Crippen molar-refractivity contribution in [3.8, 4) is 0 Å². The van der Waals surface area contributed by atoms with Crippen LogP contribution < -0.4 is 4.90 Å². The lowest BCUT2D eigenvalue weighted by molar-refractivity contribution is -0.117. The average Bonchev–Trinajstić information content (AvgIpc) is 3.07. The average molecular weight is 435 g/mol. The second-order valence-electron chi connectivity index (χ2n) is 7.07. The smallest absolute Gasteiger partial charge is 0.252 e. The maximum absolute atomic E-state index is 12.6. The Hall–Kier alpha value is -1.83. The van der Waals surface area contributed by atoms with Gasteiger partial charge in [0.25, 0.3) is 5.91 Å². The van der Waals surface area contributed by atoms with Crippen LogP contribution in [0.2, 0.25) is 5.02 Å². The molecular weight excluding hydrogens is 416 g/mol. The summed E-state index contributed by atoms with van der Waals surface area (Å²) in [4.78, 5) is 18.9. The van der Waals surface area contributed by atoms with Crippen molar-refractivity contribution < 1.29 is 13.2 Å². The summed E-state index contributed by atoms with van der Waals surface area (Å²) >= 11 is 7.53. The highest BCUT2D eigenvalue weighted by Gasteiger charge is 2.49. The number of sulfone groups is 1. The van der Waals surface area contributed by atoms with E-state index in [-0.39, 0.29) is 35.1 Å². The van der Waals surface area contributed by atoms with Crippen molar-refractivity contribution in [1.29, 1.82) is 0 Å². The standard InChI is InChI=1S/C20H19ClN2O3S2/c1-13-5-4-7-15(9-13)23-17-11-28(25,26)12-18(17)27-20(23)22-19(24)10-14-6-2-3-8-16(14)21/h2-9,17-18H,10-12H2,1H3/t17-,18-/m0/s1. The molecule has 2 aromatic carbocycles. The molecule has 28 heavy (non-hydrogen) atoms. The maximum atomic E-state index is 12.6. The number of benzene rings is 2. The molecule has 0 bridgehead atoms. The van der Waals surface area contributed by atoms with Crippen molar-refractivity contribution in [2.75, 3.05) is 16.4 Å². The molecule has 8 heteroatoms. The van der Waals surface area contributed by atoms with E-state index >= 15 is 0 Å². The molecule has 0 spiro atoms. The Balaban J connectivity index is 1.66. The Bertz CT molecular complexity index is 1070. The Morgan fingerprint density at radius 1 is 1.21 bits per heavy atom. The highest BCUT2D eigenvalue weighted by molar-refractivity contribution is 8.16. The van der Waals surface area contributed by atoms with Crippen LogP contribution >= 0.6 is 23.4 Å². The number of nitrogens with zero attached hydrogens (tertiary/aromatic N) is 2. The van der Waals surface area contributed by atoms with E-state index < -0.39 is 9.84 Å². The van der Waals surface area contributed by atoms with Gasteiger partial charge in [-0.05, 0) is 36.2 Å². The summed E-state index contributed by atoms with van der Waals surface area (Å²) < 4.78 is 24.3. The minimum Gasteiger partial charge on any atom is -0.316 e. The van der Waals surface area contributed by atoms with Gasteiger partial charge in [0.15, 0.2) is 15.0 Å². The van der Waals surface area contributed by atoms with Crippen LogP contribution in [0.3, 0.4) is 0 Å². The third-order valence-electron chi connectivity index (χ3n) is 4.87. The normalized spacial score (nSPS) is 24.5. The number of hydrogen-bond acceptors (Lipinski definition) is 4. The fourth-order valence-corrected chi connectivity index (χ4v) is 7.73. The van der Waals surface area contributed by atoms with Gasteiger partial charge in [-0.1, -0.05) is 53.7 Å². The van der Waals surface area contributed by atoms with Gasteiger partial charge in [0, 0.05) is 16.0 Å². The van der Waals surface area contributed by atoms with Gasteiger partial charge in [-0.3, -0.25) is 4.79 Å². The molecule has 2 fully saturated rings. The first kappa shape index (κ1) is 19.5. The quantitative estimate of drug-likeness (QED) is 0.739. The van der Waals surface area contributed by atoms with Gasteiger partial charge in [-0.15, -0.1) is 0 Å². The van der Waals surface area contributed by atoms with Crippen LogP contribution in [-0.4, -0.2) is 42.3 Å². The number of carbonyl (C=O) groups excluding carboxylic acids is 1. The highest BCUT2D eigenvalue weighted by Crippen LogP contribution is 2.41. The van der Waals surface area contributed by atoms with Crippen LogP contribution in [0, 0.1) is 6.92 Å². The van der Waals surface area contributed by atoms with Crippen molar-refractivity contribution in [1.82, 2.24) is 0 Å². The number of amides is 1. The minimum atomic E-state index is -3.08. The number of aliphatic imine (C=N–C) groups is 1. The predicted octanol–water partition coefficient (Wildman–Crippen LogP) is 3.49. The molecule has 2 atom stereocenters. The molecule has 1 amide bonds. The number of thioether (sulfide) groups is 1. The van der Waals surface area contributed by atoms with Gasteiger partial charge in [0.2, 0.25) is 0 Å². The zero-order valence-electron chi connectivity index (χ0n) is 15.2. The molecule has 2 aliphatic heterocycles. The maximum Gasteiger partial charge on any atom is 0.252 e. The number of hydrogen-bond donors (Lipinski definition) is 0. The van der Waals surface area contributed by atoms with Crippen LogP contribution in [0.25, 0.3) is 0 Å². The van der Waals surface area contributed by atoms with Crippen molar-refractivity contribution >= 4 is 50.0 Å². The molecule has 4 rings (SSSR count). The van der Waals surface area contributed by atoms with E-state index in [0.717, 1.165) is 16.8 Å². The first-order valence-electron chi connectivity index (χ1n) is 8.90. The van der Waals surface area contributed by atoms with Gasteiger partial charge in [-0.25, -0.2) is 8.42 Å². The van der Waals surface area contributed by atoms with Crippen molar-refractivity contribution in [3.05, 3.63) is 64.7 Å². The minimum absolute atomic E-state index is 0.0797. The zero-order valence-corrected chi connectivity index (χ0v) is 17.6. The number of aryl methyl sites for hydroxylation is 1. The van der Waals surface area contributed by atoms with E-state index in [9.17, 15) is 13.2 Å². The topological polar surface area (TPSA) is 66.8 Å². The molecule has 2 saturated heterocycles. The fourth-order valence-electron chi connectivity index (χ4n) is 3.60. The largest absolute Gasteiger partial charge is 0.316 e. The summed E-state index contributed by atoms with van der Waals surface area (Å²) in [6, 6.07) is 14.8. The van der Waals surface area contributed by atoms with Gasteiger partial charge in [0.1, 0.15) is 0 Å². The SMILES string of the molecule is Cc1cccc(N2C(=NC(=O)Cc3ccccc3Cl)S[C@H]3CS(=O)(=O)C[C@@H]32)c1. The summed E-state index contributed by atoms with van der Waals surface area (Å²) in [7, 11) is -3.08. The van der Waals surface area contributed by atoms with Crippen molar-refractivity contribution in [2.45, 2.75) is 24.6 Å². The van der Waals surface area contributed by atoms with Gasteiger partial charge in [0.05, 0.1) is 24.0 Å². The molecule has 0 saturated carbocycles. The molecule has 0 unspecified atom stereocenters. The lowest BCUT2D eigenvalue weighted by atomic mass is 10.1. The van der Waals surface area contributed by atoms with E-state index in [2.05, 4.69) is 4.99 Å². The van der Waals surface area contributed by atoms with Crippen LogP contribution in [0.15, 0.2) is 53.5 Å². The molecule has 146 valence electrons. The number of halogens is 1. The fraction of sp³-hybridized carbons (Fsp3) is 0.300. The molecular formula is C20H19ClN2O3S2. The summed E-state index contributed by atoms with van der Waals surface area (Å²) in [5.74, 6) is -0.102. The summed E-state index contributed by atoms with van der Waals surface area (Å²) in [6.07, 6.45) is 0.110. The Morgan fingerprint density at radius 2 is 2.00 bits per heavy atom. The monoisotopic (exact) mass is 434 g/mol. The second kappa shape index (κ2) is 7.54. The van der Waals surface area contributed by atoms with Crippen LogP contribution in [0.4, 0.5) is 5.69 Å². The molecule has 2 heterocycles. The van der Waals surface area contributed by atoms with Gasteiger partial charge >= 0.3 is 0 Å². The van der Waals surface area contributed by atoms with E-state index in [4.69, 9.17) is 11.6 Å². The predicted molar refractivity (Wildman–Crippen MR) is 115 cm³/mol. The van der Waals surface area contributed by atoms with E-state index in [1.54, 1.807) is 6.07 Å². The third kappa shape index (κ3) is 3.97. The van der Waals surface area contributed by atoms with Crippen LogP contribution in [0.1, 0.15) is 11.1 Å². The number of anilines is 1. The lowest BCUT2D eigenvalue weighted by Gasteiger charge is -2.24. The first-order valence-corrected chi connectivity index (χ1v) is 12.0. The van der Waals surface area contributed by atoms with E-state index in [1.807, 2.05) is 54.3 Å². The van der Waals surface area contributed by atoms with E-state index in [1.165, 1.54) is 11.8 Å². The molecule has 2 aliphatic rings. The number of fused-ring (bicyclic) bond motifs is 1. The zero-order chi connectivity index (χ0) is 19.9. The van der Waals surface area contributed by atoms with E-state index in [0.29, 0.717) is 10.2 Å². The molecule has 5 nitrogen and oxygen atoms in total. The Labute approximate surface area is 173 Å². The lowest BCUT2D eigenvalue weighted by Crippen LogP contribution is -2.37. The summed E-state index contributed by atoms with van der Waals surface area (Å²) in [6.45, 7) is 1.98. The first-order chi connectivity index (χ1) is 13.3. The number of rotatable bonds is 3. The van der Waals surface area contributed by atoms with Crippen molar-refractivity contribution in [3.63, 3.8) is 0 Å². The van der Waals surface area contributed by atoms with Gasteiger partial charge in [-0.2, -0.15) is 4.99 Å². The summed E-state index contributed by atoms with van der Waals surface area (Å²) in [5.41, 5.74) is 2.65. The molecule has 0 radical (unpaired) electrons.